The van der Waals surface area contributed by atoms with Crippen molar-refractivity contribution in [2.24, 2.45) is 11.3 Å². The van der Waals surface area contributed by atoms with E-state index in [0.717, 1.165) is 19.3 Å². The molecule has 0 aromatic heterocycles. The fourth-order valence-corrected chi connectivity index (χ4v) is 2.20. The number of ether oxygens (including phenoxy) is 1. The highest BCUT2D eigenvalue weighted by Gasteiger charge is 2.50. The Morgan fingerprint density at radius 2 is 2.05 bits per heavy atom. The average molecular weight is 302 g/mol. The number of carbonyl (C=O) groups excluding carboxylic acids is 2. The lowest BCUT2D eigenvalue weighted by molar-refractivity contribution is -0.140. The Kier molecular flexibility index (Phi) is 6.53. The first-order chi connectivity index (χ1) is 9.42. The van der Waals surface area contributed by atoms with Crippen LogP contribution in [0.2, 0.25) is 0 Å². The Morgan fingerprint density at radius 3 is 2.55 bits per heavy atom. The number of hydrogen-bond acceptors (Lipinski definition) is 3. The van der Waals surface area contributed by atoms with E-state index in [2.05, 4.69) is 5.32 Å². The molecule has 1 atom stereocenters. The molecule has 5 heteroatoms. The van der Waals surface area contributed by atoms with Gasteiger partial charge < -0.3 is 10.1 Å². The molecule has 0 radical (unpaired) electrons. The number of halogens is 1. The number of nitrogens with one attached hydrogen (secondary N) is 1. The van der Waals surface area contributed by atoms with Crippen LogP contribution < -0.4 is 5.32 Å². The molecule has 0 aromatic rings. The first-order valence-corrected chi connectivity index (χ1v) is 7.70. The predicted octanol–water partition coefficient (Wildman–Crippen LogP) is 3.00. The molecule has 114 valence electrons. The van der Waals surface area contributed by atoms with E-state index in [1.807, 2.05) is 13.8 Å². The summed E-state index contributed by atoms with van der Waals surface area (Å²) in [5.74, 6) is 0.0329. The highest BCUT2D eigenvalue weighted by Crippen LogP contribution is 2.51. The Morgan fingerprint density at radius 1 is 1.40 bits per heavy atom. The summed E-state index contributed by atoms with van der Waals surface area (Å²) >= 11 is 5.61. The highest BCUT2D eigenvalue weighted by atomic mass is 35.5. The van der Waals surface area contributed by atoms with Crippen molar-refractivity contribution in [3.63, 3.8) is 0 Å². The van der Waals surface area contributed by atoms with E-state index >= 15 is 0 Å². The molecule has 0 aliphatic heterocycles. The summed E-state index contributed by atoms with van der Waals surface area (Å²) in [7, 11) is 0. The van der Waals surface area contributed by atoms with E-state index in [0.29, 0.717) is 18.9 Å². The minimum atomic E-state index is -0.467. The van der Waals surface area contributed by atoms with Crippen LogP contribution in [0.5, 0.6) is 0 Å². The van der Waals surface area contributed by atoms with Crippen molar-refractivity contribution < 1.29 is 14.3 Å². The van der Waals surface area contributed by atoms with Gasteiger partial charge in [-0.15, -0.1) is 11.6 Å². The molecule has 20 heavy (non-hydrogen) atoms. The van der Waals surface area contributed by atoms with Gasteiger partial charge in [0.15, 0.2) is 0 Å². The van der Waals surface area contributed by atoms with Crippen LogP contribution >= 0.6 is 11.6 Å². The van der Waals surface area contributed by atoms with Crippen LogP contribution in [0.15, 0.2) is 11.8 Å². The molecular formula is C15H24ClNO3. The van der Waals surface area contributed by atoms with E-state index in [4.69, 9.17) is 16.3 Å². The van der Waals surface area contributed by atoms with Crippen molar-refractivity contribution in [2.45, 2.75) is 46.5 Å². The largest absolute Gasteiger partial charge is 0.461 e. The van der Waals surface area contributed by atoms with Crippen LogP contribution in [-0.2, 0) is 14.3 Å². The third kappa shape index (κ3) is 5.16. The molecule has 0 unspecified atom stereocenters. The normalized spacial score (nSPS) is 20.4. The summed E-state index contributed by atoms with van der Waals surface area (Å²) in [5.41, 5.74) is 0.303. The van der Waals surface area contributed by atoms with Gasteiger partial charge in [-0.05, 0) is 38.0 Å². The van der Waals surface area contributed by atoms with Crippen molar-refractivity contribution in [2.75, 3.05) is 12.5 Å². The van der Waals surface area contributed by atoms with Gasteiger partial charge in [0, 0.05) is 11.8 Å². The van der Waals surface area contributed by atoms with Gasteiger partial charge in [0.2, 0.25) is 5.91 Å². The summed E-state index contributed by atoms with van der Waals surface area (Å²) in [4.78, 5) is 23.9. The smallest absolute Gasteiger partial charge is 0.354 e. The molecule has 0 aromatic carbocycles. The molecule has 1 N–H and O–H groups in total. The lowest BCUT2D eigenvalue weighted by Crippen LogP contribution is -2.30. The fraction of sp³-hybridized carbons (Fsp3) is 0.733. The third-order valence-corrected chi connectivity index (χ3v) is 3.79. The lowest BCUT2D eigenvalue weighted by atomic mass is 10.1. The van der Waals surface area contributed by atoms with Gasteiger partial charge in [0.05, 0.1) is 6.61 Å². The Labute approximate surface area is 125 Å². The van der Waals surface area contributed by atoms with Gasteiger partial charge in [-0.25, -0.2) is 4.79 Å². The number of hydrogen-bond donors (Lipinski definition) is 1. The molecule has 4 nitrogen and oxygen atoms in total. The van der Waals surface area contributed by atoms with Crippen molar-refractivity contribution in [1.82, 2.24) is 5.32 Å². The van der Waals surface area contributed by atoms with E-state index in [1.165, 1.54) is 0 Å². The van der Waals surface area contributed by atoms with Gasteiger partial charge >= 0.3 is 5.97 Å². The molecule has 1 aliphatic carbocycles. The van der Waals surface area contributed by atoms with Crippen LogP contribution in [0.1, 0.15) is 46.5 Å². The summed E-state index contributed by atoms with van der Waals surface area (Å²) in [6.07, 6.45) is 5.07. The zero-order valence-corrected chi connectivity index (χ0v) is 13.3. The molecule has 0 bridgehead atoms. The van der Waals surface area contributed by atoms with E-state index in [9.17, 15) is 9.59 Å². The number of unbranched alkanes of at least 4 members (excludes halogenated alkanes) is 2. The molecular weight excluding hydrogens is 278 g/mol. The van der Waals surface area contributed by atoms with Crippen LogP contribution in [0.4, 0.5) is 0 Å². The van der Waals surface area contributed by atoms with Gasteiger partial charge in [-0.3, -0.25) is 4.79 Å². The minimum Gasteiger partial charge on any atom is -0.461 e. The quantitative estimate of drug-likeness (QED) is 0.324. The first kappa shape index (κ1) is 17.0. The lowest BCUT2D eigenvalue weighted by Gasteiger charge is -2.10. The van der Waals surface area contributed by atoms with Gasteiger partial charge in [-0.1, -0.05) is 19.9 Å². The minimum absolute atomic E-state index is 0.0110. The number of alkyl halides is 1. The Bertz CT molecular complexity index is 391. The van der Waals surface area contributed by atoms with Crippen LogP contribution in [0, 0.1) is 11.3 Å². The van der Waals surface area contributed by atoms with Gasteiger partial charge in [0.25, 0.3) is 0 Å². The molecule has 0 spiro atoms. The highest BCUT2D eigenvalue weighted by molar-refractivity contribution is 6.17. The number of rotatable bonds is 8. The first-order valence-electron chi connectivity index (χ1n) is 7.16. The van der Waals surface area contributed by atoms with Gasteiger partial charge in [0.1, 0.15) is 5.70 Å². The van der Waals surface area contributed by atoms with Crippen LogP contribution in [0.3, 0.4) is 0 Å². The second kappa shape index (κ2) is 7.67. The fourth-order valence-electron chi connectivity index (χ4n) is 2.01. The second-order valence-electron chi connectivity index (χ2n) is 5.76. The number of esters is 1. The Hall–Kier alpha value is -1.03. The zero-order valence-electron chi connectivity index (χ0n) is 12.5. The maximum absolute atomic E-state index is 12.0. The average Bonchev–Trinajstić information content (AvgIpc) is 3.02. The molecule has 1 aliphatic rings. The molecule has 1 fully saturated rings. The topological polar surface area (TPSA) is 55.4 Å². The number of carbonyl (C=O) groups is 2. The van der Waals surface area contributed by atoms with Crippen molar-refractivity contribution in [3.8, 4) is 0 Å². The summed E-state index contributed by atoms with van der Waals surface area (Å²) in [6, 6.07) is 0. The summed E-state index contributed by atoms with van der Waals surface area (Å²) in [5, 5.41) is 2.71. The van der Waals surface area contributed by atoms with E-state index in [-0.39, 0.29) is 22.9 Å². The SMILES string of the molecule is CCOC(=O)/C(=C/CCCCCl)NC(=O)[C@@H]1CC1(C)C. The molecule has 1 amide bonds. The van der Waals surface area contributed by atoms with Crippen LogP contribution in [0.25, 0.3) is 0 Å². The second-order valence-corrected chi connectivity index (χ2v) is 6.14. The Balaban J connectivity index is 2.58. The summed E-state index contributed by atoms with van der Waals surface area (Å²) < 4.78 is 4.97. The molecule has 0 saturated heterocycles. The molecule has 0 heterocycles. The summed E-state index contributed by atoms with van der Waals surface area (Å²) in [6.45, 7) is 6.13. The predicted molar refractivity (Wildman–Crippen MR) is 79.3 cm³/mol. The number of amides is 1. The zero-order chi connectivity index (χ0) is 15.2. The third-order valence-electron chi connectivity index (χ3n) is 3.52. The van der Waals surface area contributed by atoms with Crippen molar-refractivity contribution in [3.05, 3.63) is 11.8 Å². The van der Waals surface area contributed by atoms with Crippen LogP contribution in [-0.4, -0.2) is 24.4 Å². The van der Waals surface area contributed by atoms with E-state index in [1.54, 1.807) is 13.0 Å². The van der Waals surface area contributed by atoms with Crippen molar-refractivity contribution >= 4 is 23.5 Å². The van der Waals surface area contributed by atoms with E-state index < -0.39 is 5.97 Å². The maximum atomic E-state index is 12.0. The maximum Gasteiger partial charge on any atom is 0.354 e. The molecule has 1 rings (SSSR count). The standard InChI is InChI=1S/C15H24ClNO3/c1-4-20-14(19)12(8-6-5-7-9-16)17-13(18)11-10-15(11,2)3/h8,11H,4-7,9-10H2,1-3H3,(H,17,18)/b12-8-/t11-/m0/s1. The number of allylic oxidation sites excluding steroid dienone is 1. The van der Waals surface area contributed by atoms with Gasteiger partial charge in [-0.2, -0.15) is 0 Å². The van der Waals surface area contributed by atoms with Crippen molar-refractivity contribution in [1.29, 1.82) is 0 Å². The monoisotopic (exact) mass is 301 g/mol. The molecule has 1 saturated carbocycles.